The average Bonchev–Trinajstić information content (AvgIpc) is 2.55. The molecular weight excluding hydrogens is 284 g/mol. The molecule has 22 heavy (non-hydrogen) atoms. The van der Waals surface area contributed by atoms with Gasteiger partial charge in [0, 0.05) is 32.7 Å². The van der Waals surface area contributed by atoms with E-state index in [0.717, 1.165) is 25.9 Å². The third-order valence-electron chi connectivity index (χ3n) is 4.44. The summed E-state index contributed by atoms with van der Waals surface area (Å²) in [4.78, 5) is 15.5. The van der Waals surface area contributed by atoms with Crippen molar-refractivity contribution in [2.45, 2.75) is 51.2 Å². The molecule has 1 saturated heterocycles. The number of rotatable bonds is 6. The van der Waals surface area contributed by atoms with Gasteiger partial charge in [0.1, 0.15) is 0 Å². The lowest BCUT2D eigenvalue weighted by Crippen LogP contribution is -2.51. The largest absolute Gasteiger partial charge is 0.450 e. The van der Waals surface area contributed by atoms with Crippen molar-refractivity contribution in [2.75, 3.05) is 45.9 Å². The Balaban J connectivity index is 1.59. The van der Waals surface area contributed by atoms with Gasteiger partial charge in [-0.1, -0.05) is 19.3 Å². The van der Waals surface area contributed by atoms with Gasteiger partial charge in [0.15, 0.2) is 0 Å². The molecule has 0 unspecified atom stereocenters. The molecule has 1 saturated carbocycles. The Morgan fingerprint density at radius 1 is 1.18 bits per heavy atom. The van der Waals surface area contributed by atoms with Gasteiger partial charge >= 0.3 is 6.09 Å². The third kappa shape index (κ3) is 5.74. The van der Waals surface area contributed by atoms with Crippen LogP contribution >= 0.6 is 0 Å². The van der Waals surface area contributed by atoms with E-state index in [4.69, 9.17) is 9.47 Å². The first kappa shape index (κ1) is 17.5. The van der Waals surface area contributed by atoms with Gasteiger partial charge in [-0.3, -0.25) is 4.90 Å². The number of hydrogen-bond donors (Lipinski definition) is 1. The fraction of sp³-hybridized carbons (Fsp3) is 0.938. The zero-order chi connectivity index (χ0) is 15.8. The van der Waals surface area contributed by atoms with Gasteiger partial charge in [0.2, 0.25) is 0 Å². The zero-order valence-corrected chi connectivity index (χ0v) is 13.7. The predicted molar refractivity (Wildman–Crippen MR) is 83.9 cm³/mol. The summed E-state index contributed by atoms with van der Waals surface area (Å²) in [5, 5.41) is 10.1. The number of aliphatic hydroxyl groups is 1. The van der Waals surface area contributed by atoms with Gasteiger partial charge in [0.25, 0.3) is 0 Å². The van der Waals surface area contributed by atoms with Crippen molar-refractivity contribution >= 4 is 6.09 Å². The first-order chi connectivity index (χ1) is 10.7. The molecule has 1 amide bonds. The second-order valence-electron chi connectivity index (χ2n) is 6.23. The van der Waals surface area contributed by atoms with Crippen LogP contribution in [-0.4, -0.2) is 79.1 Å². The molecular formula is C16H30N2O4. The molecule has 6 heteroatoms. The van der Waals surface area contributed by atoms with E-state index >= 15 is 0 Å². The van der Waals surface area contributed by atoms with E-state index in [0.29, 0.717) is 39.0 Å². The second kappa shape index (κ2) is 9.33. The van der Waals surface area contributed by atoms with Crippen molar-refractivity contribution in [1.29, 1.82) is 0 Å². The quantitative estimate of drug-likeness (QED) is 0.804. The normalized spacial score (nSPS) is 22.5. The number of piperazine rings is 1. The highest BCUT2D eigenvalue weighted by molar-refractivity contribution is 5.67. The summed E-state index contributed by atoms with van der Waals surface area (Å²) in [7, 11) is 0. The summed E-state index contributed by atoms with van der Waals surface area (Å²) >= 11 is 0. The van der Waals surface area contributed by atoms with Gasteiger partial charge < -0.3 is 19.5 Å². The Morgan fingerprint density at radius 3 is 2.50 bits per heavy atom. The van der Waals surface area contributed by atoms with Crippen LogP contribution in [0.1, 0.15) is 39.0 Å². The lowest BCUT2D eigenvalue weighted by Gasteiger charge is -2.35. The monoisotopic (exact) mass is 314 g/mol. The van der Waals surface area contributed by atoms with Crippen LogP contribution in [0.3, 0.4) is 0 Å². The maximum absolute atomic E-state index is 11.6. The van der Waals surface area contributed by atoms with E-state index in [-0.39, 0.29) is 6.09 Å². The molecule has 0 aromatic heterocycles. The van der Waals surface area contributed by atoms with E-state index in [2.05, 4.69) is 4.90 Å². The number of nitrogens with zero attached hydrogens (tertiary/aromatic N) is 2. The van der Waals surface area contributed by atoms with Crippen LogP contribution in [0.15, 0.2) is 0 Å². The highest BCUT2D eigenvalue weighted by Gasteiger charge is 2.23. The standard InChI is InChI=1S/C16H30N2O4/c1-2-21-16(20)18-10-8-17(9-11-18)12-14(19)13-22-15-6-4-3-5-7-15/h14-15,19H,2-13H2,1H3/t14-/m0/s1. The van der Waals surface area contributed by atoms with Crippen LogP contribution in [0, 0.1) is 0 Å². The van der Waals surface area contributed by atoms with Crippen LogP contribution in [0.4, 0.5) is 4.79 Å². The molecule has 1 N–H and O–H groups in total. The Bertz CT molecular complexity index is 326. The highest BCUT2D eigenvalue weighted by Crippen LogP contribution is 2.20. The fourth-order valence-electron chi connectivity index (χ4n) is 3.16. The first-order valence-electron chi connectivity index (χ1n) is 8.62. The average molecular weight is 314 g/mol. The molecule has 0 bridgehead atoms. The number of β-amino-alcohol motifs (C(OH)–C–C–N with tert-alkyl or cyclic N) is 1. The van der Waals surface area contributed by atoms with Gasteiger partial charge in [-0.25, -0.2) is 4.79 Å². The topological polar surface area (TPSA) is 62.2 Å². The van der Waals surface area contributed by atoms with E-state index < -0.39 is 6.10 Å². The van der Waals surface area contributed by atoms with Crippen LogP contribution in [0.25, 0.3) is 0 Å². The summed E-state index contributed by atoms with van der Waals surface area (Å²) in [6.07, 6.45) is 5.72. The maximum atomic E-state index is 11.6. The van der Waals surface area contributed by atoms with Crippen molar-refractivity contribution in [3.05, 3.63) is 0 Å². The van der Waals surface area contributed by atoms with E-state index in [9.17, 15) is 9.90 Å². The molecule has 1 aliphatic carbocycles. The third-order valence-corrected chi connectivity index (χ3v) is 4.44. The van der Waals surface area contributed by atoms with Crippen LogP contribution < -0.4 is 0 Å². The lowest BCUT2D eigenvalue weighted by molar-refractivity contribution is -0.0367. The molecule has 0 spiro atoms. The van der Waals surface area contributed by atoms with Crippen molar-refractivity contribution < 1.29 is 19.4 Å². The molecule has 128 valence electrons. The maximum Gasteiger partial charge on any atom is 0.409 e. The van der Waals surface area contributed by atoms with Gasteiger partial charge in [0.05, 0.1) is 25.4 Å². The number of aliphatic hydroxyl groups excluding tert-OH is 1. The molecule has 0 aromatic rings. The Hall–Kier alpha value is -0.850. The molecule has 6 nitrogen and oxygen atoms in total. The van der Waals surface area contributed by atoms with Crippen molar-refractivity contribution in [2.24, 2.45) is 0 Å². The van der Waals surface area contributed by atoms with Crippen molar-refractivity contribution in [3.63, 3.8) is 0 Å². The van der Waals surface area contributed by atoms with Gasteiger partial charge in [-0.15, -0.1) is 0 Å². The molecule has 0 radical (unpaired) electrons. The van der Waals surface area contributed by atoms with Gasteiger partial charge in [-0.2, -0.15) is 0 Å². The summed E-state index contributed by atoms with van der Waals surface area (Å²) in [5.41, 5.74) is 0. The number of hydrogen-bond acceptors (Lipinski definition) is 5. The SMILES string of the molecule is CCOC(=O)N1CCN(C[C@H](O)COC2CCCCC2)CC1. The number of amides is 1. The molecule has 2 rings (SSSR count). The second-order valence-corrected chi connectivity index (χ2v) is 6.23. The van der Waals surface area contributed by atoms with Gasteiger partial charge in [-0.05, 0) is 19.8 Å². The smallest absolute Gasteiger partial charge is 0.409 e. The van der Waals surface area contributed by atoms with Crippen LogP contribution in [-0.2, 0) is 9.47 Å². The molecule has 0 aromatic carbocycles. The minimum Gasteiger partial charge on any atom is -0.450 e. The minimum atomic E-state index is -0.448. The van der Waals surface area contributed by atoms with Crippen LogP contribution in [0.2, 0.25) is 0 Å². The molecule has 1 atom stereocenters. The summed E-state index contributed by atoms with van der Waals surface area (Å²) < 4.78 is 10.8. The Labute approximate surface area is 133 Å². The Morgan fingerprint density at radius 2 is 1.86 bits per heavy atom. The fourth-order valence-corrected chi connectivity index (χ4v) is 3.16. The van der Waals surface area contributed by atoms with Crippen molar-refractivity contribution in [1.82, 2.24) is 9.80 Å². The first-order valence-corrected chi connectivity index (χ1v) is 8.62. The molecule has 1 heterocycles. The van der Waals surface area contributed by atoms with Crippen LogP contribution in [0.5, 0.6) is 0 Å². The summed E-state index contributed by atoms with van der Waals surface area (Å²) in [6, 6.07) is 0. The van der Waals surface area contributed by atoms with E-state index in [1.807, 2.05) is 6.92 Å². The molecule has 2 aliphatic rings. The molecule has 2 fully saturated rings. The minimum absolute atomic E-state index is 0.233. The Kier molecular flexibility index (Phi) is 7.42. The summed E-state index contributed by atoms with van der Waals surface area (Å²) in [5.74, 6) is 0. The van der Waals surface area contributed by atoms with E-state index in [1.165, 1.54) is 19.3 Å². The number of ether oxygens (including phenoxy) is 2. The lowest BCUT2D eigenvalue weighted by atomic mass is 9.98. The van der Waals surface area contributed by atoms with Crippen molar-refractivity contribution in [3.8, 4) is 0 Å². The number of carbonyl (C=O) groups excluding carboxylic acids is 1. The summed E-state index contributed by atoms with van der Waals surface area (Å²) in [6.45, 7) is 6.14. The number of carbonyl (C=O) groups is 1. The highest BCUT2D eigenvalue weighted by atomic mass is 16.6. The van der Waals surface area contributed by atoms with E-state index in [1.54, 1.807) is 4.90 Å². The zero-order valence-electron chi connectivity index (χ0n) is 13.7. The molecule has 1 aliphatic heterocycles. The predicted octanol–water partition coefficient (Wildman–Crippen LogP) is 1.47.